The normalized spacial score (nSPS) is 19.9. The van der Waals surface area contributed by atoms with E-state index in [1.807, 2.05) is 0 Å². The number of nitrogens with zero attached hydrogens (tertiary/aromatic N) is 2. The number of carbonyl (C=O) groups excluding carboxylic acids is 1. The molecule has 2 atom stereocenters. The average Bonchev–Trinajstić information content (AvgIpc) is 2.72. The molecule has 1 aromatic heterocycles. The molecule has 7 nitrogen and oxygen atoms in total. The summed E-state index contributed by atoms with van der Waals surface area (Å²) in [7, 11) is 0. The van der Waals surface area contributed by atoms with Crippen LogP contribution < -0.4 is 10.3 Å². The first-order valence-corrected chi connectivity index (χ1v) is 10.2. The smallest absolute Gasteiger partial charge is 0.481 e. The number of amides is 1. The third-order valence-corrected chi connectivity index (χ3v) is 5.89. The summed E-state index contributed by atoms with van der Waals surface area (Å²) in [5.74, 6) is -1.66. The third-order valence-electron chi connectivity index (χ3n) is 5.89. The van der Waals surface area contributed by atoms with Crippen LogP contribution in [0.25, 0.3) is 11.1 Å². The molecule has 1 amide bonds. The highest BCUT2D eigenvalue weighted by Gasteiger charge is 2.38. The lowest BCUT2D eigenvalue weighted by molar-refractivity contribution is -0.274. The summed E-state index contributed by atoms with van der Waals surface area (Å²) in [6, 6.07) is 8.55. The molecule has 4 rings (SSSR count). The van der Waals surface area contributed by atoms with E-state index in [4.69, 9.17) is 5.11 Å². The quantitative estimate of drug-likeness (QED) is 0.756. The number of hydrogen-bond acceptors (Lipinski definition) is 4. The molecule has 1 saturated heterocycles. The molecule has 2 aliphatic heterocycles. The fourth-order valence-electron chi connectivity index (χ4n) is 4.67. The number of piperidine rings is 1. The van der Waals surface area contributed by atoms with Crippen LogP contribution in [0.3, 0.4) is 0 Å². The molecule has 2 aromatic rings. The number of fused-ring (bicyclic) bond motifs is 4. The Labute approximate surface area is 181 Å². The van der Waals surface area contributed by atoms with Crippen molar-refractivity contribution < 1.29 is 32.6 Å². The van der Waals surface area contributed by atoms with Gasteiger partial charge in [0.2, 0.25) is 5.91 Å². The van der Waals surface area contributed by atoms with Crippen molar-refractivity contribution in [2.75, 3.05) is 13.1 Å². The van der Waals surface area contributed by atoms with E-state index in [0.29, 0.717) is 30.8 Å². The first kappa shape index (κ1) is 21.9. The number of hydrogen-bond donors (Lipinski definition) is 1. The maximum Gasteiger partial charge on any atom is 0.573 e. The number of halogens is 3. The Morgan fingerprint density at radius 2 is 1.75 bits per heavy atom. The van der Waals surface area contributed by atoms with Crippen molar-refractivity contribution >= 4 is 11.9 Å². The number of carbonyl (C=O) groups is 2. The van der Waals surface area contributed by atoms with Gasteiger partial charge in [-0.25, -0.2) is 0 Å². The van der Waals surface area contributed by atoms with Crippen LogP contribution in [0.1, 0.15) is 30.9 Å². The minimum absolute atomic E-state index is 0.0746. The highest BCUT2D eigenvalue weighted by Crippen LogP contribution is 2.40. The lowest BCUT2D eigenvalue weighted by atomic mass is 9.80. The molecule has 0 radical (unpaired) electrons. The number of pyridine rings is 1. The minimum atomic E-state index is -4.78. The molecule has 0 spiro atoms. The van der Waals surface area contributed by atoms with Crippen molar-refractivity contribution in [2.24, 2.45) is 5.92 Å². The predicted octanol–water partition coefficient (Wildman–Crippen LogP) is 3.22. The van der Waals surface area contributed by atoms with Gasteiger partial charge < -0.3 is 19.3 Å². The van der Waals surface area contributed by atoms with E-state index in [9.17, 15) is 27.6 Å². The topological polar surface area (TPSA) is 88.8 Å². The fraction of sp³-hybridized carbons (Fsp3) is 0.409. The maximum absolute atomic E-state index is 12.6. The summed E-state index contributed by atoms with van der Waals surface area (Å²) in [5, 5.41) is 8.85. The molecule has 2 aliphatic rings. The van der Waals surface area contributed by atoms with Gasteiger partial charge >= 0.3 is 12.3 Å². The van der Waals surface area contributed by atoms with Crippen molar-refractivity contribution in [3.63, 3.8) is 0 Å². The second kappa shape index (κ2) is 8.33. The van der Waals surface area contributed by atoms with E-state index >= 15 is 0 Å². The summed E-state index contributed by atoms with van der Waals surface area (Å²) < 4.78 is 43.0. The minimum Gasteiger partial charge on any atom is -0.481 e. The SMILES string of the molecule is O=C(O)CCC(=O)N1C[C@@H]2C[C@H](C1)c1c(-c3ccc(OC(F)(F)F)cc3)ccc(=O)n1C2. The van der Waals surface area contributed by atoms with Gasteiger partial charge in [0.25, 0.3) is 5.56 Å². The molecule has 0 saturated carbocycles. The number of rotatable bonds is 5. The number of carboxylic acids is 1. The summed E-state index contributed by atoms with van der Waals surface area (Å²) in [6.45, 7) is 1.26. The first-order chi connectivity index (χ1) is 15.1. The molecular weight excluding hydrogens is 429 g/mol. The van der Waals surface area contributed by atoms with Crippen LogP contribution in [0, 0.1) is 5.92 Å². The zero-order chi connectivity index (χ0) is 23.0. The second-order valence-electron chi connectivity index (χ2n) is 8.14. The molecule has 1 N–H and O–H groups in total. The summed E-state index contributed by atoms with van der Waals surface area (Å²) in [4.78, 5) is 37.5. The van der Waals surface area contributed by atoms with Crippen LogP contribution >= 0.6 is 0 Å². The summed E-state index contributed by atoms with van der Waals surface area (Å²) >= 11 is 0. The number of aromatic nitrogens is 1. The van der Waals surface area contributed by atoms with Crippen LogP contribution in [0.5, 0.6) is 5.75 Å². The number of aliphatic carboxylic acids is 1. The van der Waals surface area contributed by atoms with Crippen LogP contribution in [0.4, 0.5) is 13.2 Å². The Bertz CT molecular complexity index is 1090. The van der Waals surface area contributed by atoms with Crippen molar-refractivity contribution in [1.82, 2.24) is 9.47 Å². The van der Waals surface area contributed by atoms with E-state index in [2.05, 4.69) is 4.74 Å². The van der Waals surface area contributed by atoms with E-state index < -0.39 is 12.3 Å². The van der Waals surface area contributed by atoms with E-state index in [-0.39, 0.29) is 41.9 Å². The molecule has 0 unspecified atom stereocenters. The number of alkyl halides is 3. The van der Waals surface area contributed by atoms with Crippen LogP contribution in [0.15, 0.2) is 41.2 Å². The number of carboxylic acid groups (broad SMARTS) is 1. The lowest BCUT2D eigenvalue weighted by Crippen LogP contribution is -2.49. The third kappa shape index (κ3) is 4.63. The molecule has 10 heteroatoms. The zero-order valence-corrected chi connectivity index (χ0v) is 17.0. The molecular formula is C22H21F3N2O5. The molecule has 1 fully saturated rings. The maximum atomic E-state index is 12.6. The van der Waals surface area contributed by atoms with Crippen molar-refractivity contribution in [2.45, 2.75) is 38.1 Å². The molecule has 3 heterocycles. The molecule has 170 valence electrons. The number of ether oxygens (including phenoxy) is 1. The standard InChI is InChI=1S/C22H21F3N2O5/c23-22(24,25)32-16-3-1-14(2-4-16)17-5-6-19(29)27-11-13-9-15(21(17)27)12-26(10-13)18(28)7-8-20(30)31/h1-6,13,15H,7-12H2,(H,30,31)/t13-,15+/m0/s1. The van der Waals surface area contributed by atoms with Crippen molar-refractivity contribution in [1.29, 1.82) is 0 Å². The predicted molar refractivity (Wildman–Crippen MR) is 107 cm³/mol. The number of benzene rings is 1. The van der Waals surface area contributed by atoms with Crippen LogP contribution in [-0.4, -0.2) is 45.9 Å². The summed E-state index contributed by atoms with van der Waals surface area (Å²) in [6.07, 6.45) is -4.33. The monoisotopic (exact) mass is 450 g/mol. The van der Waals surface area contributed by atoms with Gasteiger partial charge in [-0.1, -0.05) is 12.1 Å². The Kier molecular flexibility index (Phi) is 5.70. The Morgan fingerprint density at radius 3 is 2.41 bits per heavy atom. The van der Waals surface area contributed by atoms with Gasteiger partial charge in [-0.05, 0) is 36.1 Å². The first-order valence-electron chi connectivity index (χ1n) is 10.2. The molecule has 32 heavy (non-hydrogen) atoms. The van der Waals surface area contributed by atoms with Gasteiger partial charge in [0, 0.05) is 49.3 Å². The Balaban J connectivity index is 1.64. The number of likely N-dealkylation sites (tertiary alicyclic amines) is 1. The van der Waals surface area contributed by atoms with E-state index in [0.717, 1.165) is 12.1 Å². The van der Waals surface area contributed by atoms with Crippen LogP contribution in [0.2, 0.25) is 0 Å². The summed E-state index contributed by atoms with van der Waals surface area (Å²) in [5.41, 5.74) is 1.93. The van der Waals surface area contributed by atoms with Crippen LogP contribution in [-0.2, 0) is 16.1 Å². The Morgan fingerprint density at radius 1 is 1.03 bits per heavy atom. The largest absolute Gasteiger partial charge is 0.573 e. The van der Waals surface area contributed by atoms with Crippen molar-refractivity contribution in [3.05, 3.63) is 52.4 Å². The molecule has 1 aromatic carbocycles. The fourth-order valence-corrected chi connectivity index (χ4v) is 4.67. The van der Waals surface area contributed by atoms with E-state index in [1.165, 1.54) is 30.3 Å². The van der Waals surface area contributed by atoms with Gasteiger partial charge in [-0.15, -0.1) is 13.2 Å². The average molecular weight is 450 g/mol. The Hall–Kier alpha value is -3.30. The zero-order valence-electron chi connectivity index (χ0n) is 17.0. The van der Waals surface area contributed by atoms with Gasteiger partial charge in [-0.3, -0.25) is 14.4 Å². The lowest BCUT2D eigenvalue weighted by Gasteiger charge is -2.43. The molecule has 2 bridgehead atoms. The van der Waals surface area contributed by atoms with Gasteiger partial charge in [-0.2, -0.15) is 0 Å². The van der Waals surface area contributed by atoms with Gasteiger partial charge in [0.15, 0.2) is 0 Å². The van der Waals surface area contributed by atoms with Crippen molar-refractivity contribution in [3.8, 4) is 16.9 Å². The van der Waals surface area contributed by atoms with Gasteiger partial charge in [0.05, 0.1) is 6.42 Å². The highest BCUT2D eigenvalue weighted by molar-refractivity contribution is 5.81. The second-order valence-corrected chi connectivity index (χ2v) is 8.14. The van der Waals surface area contributed by atoms with Gasteiger partial charge in [0.1, 0.15) is 5.75 Å². The van der Waals surface area contributed by atoms with E-state index in [1.54, 1.807) is 15.5 Å². The molecule has 0 aliphatic carbocycles. The highest BCUT2D eigenvalue weighted by atomic mass is 19.4.